The predicted octanol–water partition coefficient (Wildman–Crippen LogP) is 1.25. The third-order valence-corrected chi connectivity index (χ3v) is 3.38. The van der Waals surface area contributed by atoms with Gasteiger partial charge in [-0.3, -0.25) is 4.79 Å². The van der Waals surface area contributed by atoms with Crippen molar-refractivity contribution in [1.29, 1.82) is 0 Å². The zero-order valence-corrected chi connectivity index (χ0v) is 12.0. The van der Waals surface area contributed by atoms with E-state index in [0.29, 0.717) is 24.8 Å². The summed E-state index contributed by atoms with van der Waals surface area (Å²) in [5.41, 5.74) is 1.63. The number of hydrogen-bond acceptors (Lipinski definition) is 5. The monoisotopic (exact) mass is 287 g/mol. The Morgan fingerprint density at radius 1 is 1.33 bits per heavy atom. The van der Waals surface area contributed by atoms with Gasteiger partial charge >= 0.3 is 0 Å². The van der Waals surface area contributed by atoms with E-state index in [0.717, 1.165) is 17.8 Å². The van der Waals surface area contributed by atoms with E-state index in [9.17, 15) is 4.79 Å². The lowest BCUT2D eigenvalue weighted by Crippen LogP contribution is -2.24. The van der Waals surface area contributed by atoms with Crippen LogP contribution in [0.15, 0.2) is 18.2 Å². The smallest absolute Gasteiger partial charge is 0.231 e. The number of aryl methyl sites for hydroxylation is 2. The standard InChI is InChI=1S/C14H17N5O2/c1-9-3-4-12(17-16-9)19-13(7-10(2)18-19)15-14(20)11-5-6-21-8-11/h3-4,7,11H,5-6,8H2,1-2H3,(H,15,20). The summed E-state index contributed by atoms with van der Waals surface area (Å²) >= 11 is 0. The van der Waals surface area contributed by atoms with Gasteiger partial charge in [-0.25, -0.2) is 0 Å². The Labute approximate surface area is 122 Å². The van der Waals surface area contributed by atoms with Gasteiger partial charge in [0.2, 0.25) is 5.91 Å². The molecule has 0 saturated carbocycles. The lowest BCUT2D eigenvalue weighted by atomic mass is 10.1. The summed E-state index contributed by atoms with van der Waals surface area (Å²) in [5.74, 6) is 1.03. The average Bonchev–Trinajstić information content (AvgIpc) is 3.09. The van der Waals surface area contributed by atoms with Crippen LogP contribution in [0.4, 0.5) is 5.82 Å². The van der Waals surface area contributed by atoms with E-state index in [1.165, 1.54) is 0 Å². The minimum absolute atomic E-state index is 0.0475. The summed E-state index contributed by atoms with van der Waals surface area (Å²) in [6.45, 7) is 4.85. The van der Waals surface area contributed by atoms with Crippen molar-refractivity contribution in [2.75, 3.05) is 18.5 Å². The number of hydrogen-bond donors (Lipinski definition) is 1. The molecule has 7 heteroatoms. The molecule has 3 rings (SSSR count). The maximum atomic E-state index is 12.2. The first-order chi connectivity index (χ1) is 10.1. The second-order valence-electron chi connectivity index (χ2n) is 5.17. The molecule has 0 aromatic carbocycles. The molecular weight excluding hydrogens is 270 g/mol. The number of nitrogens with zero attached hydrogens (tertiary/aromatic N) is 4. The lowest BCUT2D eigenvalue weighted by molar-refractivity contribution is -0.119. The summed E-state index contributed by atoms with van der Waals surface area (Å²) in [6.07, 6.45) is 0.753. The molecule has 1 amide bonds. The van der Waals surface area contributed by atoms with E-state index < -0.39 is 0 Å². The molecule has 21 heavy (non-hydrogen) atoms. The van der Waals surface area contributed by atoms with Crippen molar-refractivity contribution in [1.82, 2.24) is 20.0 Å². The van der Waals surface area contributed by atoms with Crippen LogP contribution in [0.2, 0.25) is 0 Å². The molecule has 1 N–H and O–H groups in total. The highest BCUT2D eigenvalue weighted by atomic mass is 16.5. The third-order valence-electron chi connectivity index (χ3n) is 3.38. The topological polar surface area (TPSA) is 81.9 Å². The maximum absolute atomic E-state index is 12.2. The fraction of sp³-hybridized carbons (Fsp3) is 0.429. The molecule has 7 nitrogen and oxygen atoms in total. The molecule has 1 aliphatic rings. The van der Waals surface area contributed by atoms with Gasteiger partial charge in [-0.2, -0.15) is 14.9 Å². The van der Waals surface area contributed by atoms with Crippen LogP contribution in [0.5, 0.6) is 0 Å². The molecule has 0 spiro atoms. The summed E-state index contributed by atoms with van der Waals surface area (Å²) < 4.78 is 6.84. The third kappa shape index (κ3) is 2.92. The minimum atomic E-state index is -0.0993. The van der Waals surface area contributed by atoms with Crippen molar-refractivity contribution >= 4 is 11.7 Å². The second kappa shape index (κ2) is 5.61. The van der Waals surface area contributed by atoms with Crippen molar-refractivity contribution in [3.05, 3.63) is 29.6 Å². The molecule has 1 saturated heterocycles. The molecule has 1 fully saturated rings. The Kier molecular flexibility index (Phi) is 3.66. The van der Waals surface area contributed by atoms with Crippen molar-refractivity contribution in [2.24, 2.45) is 5.92 Å². The van der Waals surface area contributed by atoms with Crippen molar-refractivity contribution in [3.8, 4) is 5.82 Å². The number of anilines is 1. The van der Waals surface area contributed by atoms with Gasteiger partial charge in [0.1, 0.15) is 5.82 Å². The zero-order valence-electron chi connectivity index (χ0n) is 12.0. The van der Waals surface area contributed by atoms with Crippen molar-refractivity contribution in [2.45, 2.75) is 20.3 Å². The highest BCUT2D eigenvalue weighted by Gasteiger charge is 2.24. The Bertz CT molecular complexity index is 644. The fourth-order valence-corrected chi connectivity index (χ4v) is 2.24. The quantitative estimate of drug-likeness (QED) is 0.919. The van der Waals surface area contributed by atoms with Crippen LogP contribution in [0.25, 0.3) is 5.82 Å². The van der Waals surface area contributed by atoms with Crippen molar-refractivity contribution < 1.29 is 9.53 Å². The van der Waals surface area contributed by atoms with Crippen LogP contribution >= 0.6 is 0 Å². The number of carbonyl (C=O) groups excluding carboxylic acids is 1. The van der Waals surface area contributed by atoms with Crippen LogP contribution in [0, 0.1) is 19.8 Å². The van der Waals surface area contributed by atoms with Crippen molar-refractivity contribution in [3.63, 3.8) is 0 Å². The van der Waals surface area contributed by atoms with Gasteiger partial charge < -0.3 is 10.1 Å². The van der Waals surface area contributed by atoms with E-state index in [2.05, 4.69) is 20.6 Å². The van der Waals surface area contributed by atoms with E-state index in [1.54, 1.807) is 4.68 Å². The Morgan fingerprint density at radius 3 is 2.86 bits per heavy atom. The molecule has 2 aromatic heterocycles. The number of aromatic nitrogens is 4. The molecule has 0 radical (unpaired) electrons. The van der Waals surface area contributed by atoms with Gasteiger partial charge in [-0.15, -0.1) is 5.10 Å². The molecule has 1 aliphatic heterocycles. The summed E-state index contributed by atoms with van der Waals surface area (Å²) in [4.78, 5) is 12.2. The second-order valence-corrected chi connectivity index (χ2v) is 5.17. The molecule has 1 atom stereocenters. The summed E-state index contributed by atoms with van der Waals surface area (Å²) in [6, 6.07) is 5.49. The number of ether oxygens (including phenoxy) is 1. The van der Waals surface area contributed by atoms with Gasteiger partial charge in [0.05, 0.1) is 23.9 Å². The molecule has 1 unspecified atom stereocenters. The Balaban J connectivity index is 1.85. The maximum Gasteiger partial charge on any atom is 0.231 e. The van der Waals surface area contributed by atoms with Crippen LogP contribution < -0.4 is 5.32 Å². The van der Waals surface area contributed by atoms with Crippen LogP contribution in [-0.4, -0.2) is 39.1 Å². The first-order valence-corrected chi connectivity index (χ1v) is 6.89. The van der Waals surface area contributed by atoms with Crippen LogP contribution in [0.3, 0.4) is 0 Å². The summed E-state index contributed by atoms with van der Waals surface area (Å²) in [7, 11) is 0. The van der Waals surface area contributed by atoms with E-state index in [-0.39, 0.29) is 11.8 Å². The first-order valence-electron chi connectivity index (χ1n) is 6.89. The average molecular weight is 287 g/mol. The first kappa shape index (κ1) is 13.7. The number of carbonyl (C=O) groups is 1. The molecule has 110 valence electrons. The Hall–Kier alpha value is -2.28. The SMILES string of the molecule is Cc1ccc(-n2nc(C)cc2NC(=O)C2CCOC2)nn1. The van der Waals surface area contributed by atoms with Gasteiger partial charge in [0.25, 0.3) is 0 Å². The predicted molar refractivity (Wildman–Crippen MR) is 76.2 cm³/mol. The molecular formula is C14H17N5O2. The van der Waals surface area contributed by atoms with Crippen LogP contribution in [-0.2, 0) is 9.53 Å². The fourth-order valence-electron chi connectivity index (χ4n) is 2.24. The highest BCUT2D eigenvalue weighted by Crippen LogP contribution is 2.19. The van der Waals surface area contributed by atoms with Gasteiger partial charge in [0, 0.05) is 12.7 Å². The number of nitrogens with one attached hydrogen (secondary N) is 1. The zero-order chi connectivity index (χ0) is 14.8. The van der Waals surface area contributed by atoms with Gasteiger partial charge in [-0.1, -0.05) is 0 Å². The minimum Gasteiger partial charge on any atom is -0.381 e. The molecule has 2 aromatic rings. The summed E-state index contributed by atoms with van der Waals surface area (Å²) in [5, 5.41) is 15.4. The number of amides is 1. The lowest BCUT2D eigenvalue weighted by Gasteiger charge is -2.10. The van der Waals surface area contributed by atoms with Gasteiger partial charge in [-0.05, 0) is 32.4 Å². The normalized spacial score (nSPS) is 17.9. The molecule has 0 aliphatic carbocycles. The molecule has 0 bridgehead atoms. The Morgan fingerprint density at radius 2 is 2.19 bits per heavy atom. The highest BCUT2D eigenvalue weighted by molar-refractivity contribution is 5.92. The van der Waals surface area contributed by atoms with E-state index >= 15 is 0 Å². The number of rotatable bonds is 3. The largest absolute Gasteiger partial charge is 0.381 e. The van der Waals surface area contributed by atoms with E-state index in [4.69, 9.17) is 4.74 Å². The van der Waals surface area contributed by atoms with Gasteiger partial charge in [0.15, 0.2) is 5.82 Å². The van der Waals surface area contributed by atoms with Crippen LogP contribution in [0.1, 0.15) is 17.8 Å². The van der Waals surface area contributed by atoms with E-state index in [1.807, 2.05) is 32.0 Å². The molecule has 3 heterocycles.